The summed E-state index contributed by atoms with van der Waals surface area (Å²) in [5.41, 5.74) is 25.2. The summed E-state index contributed by atoms with van der Waals surface area (Å²) in [5, 5.41) is 16.3. The van der Waals surface area contributed by atoms with Crippen LogP contribution < -0.4 is 21.5 Å². The first-order valence-electron chi connectivity index (χ1n) is 22.0. The van der Waals surface area contributed by atoms with Crippen molar-refractivity contribution >= 4 is 74.0 Å². The Morgan fingerprint density at radius 3 is 0.971 bits per heavy atom. The number of rotatable bonds is 5. The normalized spacial score (nSPS) is 8.72. The topological polar surface area (TPSA) is 242 Å². The van der Waals surface area contributed by atoms with Crippen LogP contribution in [0.1, 0.15) is 121 Å². The molecule has 0 unspecified atom stereocenters. The number of thiocarbonyl (C=S) groups is 1. The number of fused-ring (bicyclic) bond motifs is 5. The van der Waals surface area contributed by atoms with E-state index in [9.17, 15) is 4.79 Å². The van der Waals surface area contributed by atoms with Gasteiger partial charge < -0.3 is 82.3 Å². The fourth-order valence-electron chi connectivity index (χ4n) is 7.94. The van der Waals surface area contributed by atoms with E-state index in [1.54, 1.807) is 0 Å². The van der Waals surface area contributed by atoms with Gasteiger partial charge in [0.2, 0.25) is 0 Å². The fraction of sp³-hybridized carbons (Fsp3) is 0.400. The molecule has 0 bridgehead atoms. The number of pyridine rings is 5. The summed E-state index contributed by atoms with van der Waals surface area (Å²) >= 11 is 5.06. The average molecular weight is 3270 g/mol. The molecule has 7 aromatic rings. The number of nitrogens with zero attached hydrogens (tertiary/aromatic N) is 13. The van der Waals surface area contributed by atoms with Crippen molar-refractivity contribution in [3.63, 3.8) is 0 Å². The SMILES string of the molecule is C.CCc1c(C)n[c-]c2c1[N-]/C(=N\N)C2.CCc1c(C)n[c-]c2c1[N-]C(=O)C2.CCc1c(C)n[c-]c2c1[N-]C(=S)C2.CCc1c(C)n[c-]c2nc(C)[n-]c12.CCc1c(C)n[c-]c2nc(N)[n-]c12.[V].[V].[V].[V].[V].[V].[V].[V].[V].[V].[V].[V].[V].[V].[V].[V].[V].[V].[V].[V].[Y].[Y].[Y].[Y].[Y].[Y].[Y].[Y].[Y].[Y].[Y].[Y].[Y].[Y].[Y]. The van der Waals surface area contributed by atoms with Gasteiger partial charge in [0.05, 0.1) is 0 Å². The number of carbonyl (C=O) groups is 1. The van der Waals surface area contributed by atoms with E-state index in [4.69, 9.17) is 23.8 Å². The Hall–Kier alpha value is 21.4. The molecule has 10 heterocycles. The molecule has 3 aliphatic heterocycles. The molecule has 499 valence electrons. The molecular formula is C50H57N15OSV20Y15-10. The number of hydrogen-bond donors (Lipinski definition) is 2. The van der Waals surface area contributed by atoms with Gasteiger partial charge in [0.15, 0.2) is 0 Å². The monoisotopic (exact) mass is 3270 g/mol. The fourth-order valence-corrected chi connectivity index (χ4v) is 8.18. The van der Waals surface area contributed by atoms with E-state index < -0.39 is 0 Å². The Balaban J connectivity index is -0.0000000196. The Morgan fingerprint density at radius 2 is 0.647 bits per heavy atom. The minimum Gasteiger partial charge on any atom is -0.710 e. The zero-order valence-electron chi connectivity index (χ0n) is 57.0. The van der Waals surface area contributed by atoms with E-state index in [-0.39, 0.29) is 875 Å². The van der Waals surface area contributed by atoms with Crippen molar-refractivity contribution in [3.05, 3.63) is 126 Å². The van der Waals surface area contributed by atoms with Crippen LogP contribution in [0.25, 0.3) is 38.0 Å². The Kier molecular flexibility index (Phi) is 256. The number of amidine groups is 1. The second kappa shape index (κ2) is 120. The summed E-state index contributed by atoms with van der Waals surface area (Å²) in [6, 6.07) is 0. The predicted octanol–water partition coefficient (Wildman–Crippen LogP) is 9.02. The minimum absolute atomic E-state index is 0. The summed E-state index contributed by atoms with van der Waals surface area (Å²) in [6.45, 7) is 22.1. The van der Waals surface area contributed by atoms with Crippen molar-refractivity contribution in [2.24, 2.45) is 10.9 Å². The smallest absolute Gasteiger partial charge is 0.0474 e. The summed E-state index contributed by atoms with van der Waals surface area (Å²) in [5.74, 6) is 6.89. The van der Waals surface area contributed by atoms with Crippen molar-refractivity contribution in [2.75, 3.05) is 5.73 Å². The molecule has 4 N–H and O–H groups in total. The molecule has 7 aromatic heterocycles. The van der Waals surface area contributed by atoms with E-state index in [2.05, 4.69) is 125 Å². The second-order valence-corrected chi connectivity index (χ2v) is 16.1. The first-order valence-corrected chi connectivity index (χ1v) is 22.4. The van der Waals surface area contributed by atoms with Gasteiger partial charge in [-0.15, -0.1) is 61.7 Å². The second-order valence-electron chi connectivity index (χ2n) is 15.6. The van der Waals surface area contributed by atoms with Crippen LogP contribution in [0.5, 0.6) is 0 Å². The third kappa shape index (κ3) is 70.1. The average Bonchev–Trinajstić information content (AvgIpc) is 4.14. The van der Waals surface area contributed by atoms with Crippen molar-refractivity contribution in [3.8, 4) is 0 Å². The molecule has 0 saturated heterocycles. The number of hydrazone groups is 1. The molecule has 35 radical (unpaired) electrons. The summed E-state index contributed by atoms with van der Waals surface area (Å²) in [4.78, 5) is 49.4. The maximum atomic E-state index is 11.1. The quantitative estimate of drug-likeness (QED) is 0.0708. The molecular weight excluding hydrogens is 3210 g/mol. The number of aryl methyl sites for hydroxylation is 8. The van der Waals surface area contributed by atoms with Gasteiger partial charge in [0, 0.05) is 868 Å². The van der Waals surface area contributed by atoms with E-state index in [1.165, 1.54) is 16.7 Å². The van der Waals surface area contributed by atoms with E-state index >= 15 is 0 Å². The van der Waals surface area contributed by atoms with E-state index in [0.717, 1.165) is 139 Å². The Bertz CT molecular complexity index is 2920. The van der Waals surface area contributed by atoms with Crippen molar-refractivity contribution < 1.29 is 867 Å². The standard InChI is InChI=1S/C10H12N4.C10H11N3.C10H11N2O.C10H11N2S.C9H10N4.CH4.20V.15Y/c1-3-8-6(2)12-5-7-4-9(14-11)13-10(7)8;1-4-8-6(2)11-5-9-10(8)13-7(3)12-9;2*1-3-8-6(2)11-5-7-4-9(13)12-10(7)8;1-3-6-5(2)11-4-7-8(6)13-9(10)12-7;;;;;;;;;;;;;;;;;;;;;;;;;;;;;;;;;;;;/h3-4,11H2,1-2H3;4H2,1-3H3;2*3-4H2,1-2H3,(H,11,12,13);3H2,1-2H3,(H2-,10,12,13);1H4;;;;;;;;;;;;;;;;;;;;;;;;;;;;;;;;;;;/q2*-2;2*-1;-2;;;;;;;;;;;;;;;;;;;;;;;;;;;;;;;;;;;;/p-2. The molecule has 102 heavy (non-hydrogen) atoms. The molecule has 0 aliphatic carbocycles. The van der Waals surface area contributed by atoms with Crippen molar-refractivity contribution in [1.82, 2.24) is 44.9 Å². The van der Waals surface area contributed by atoms with Crippen LogP contribution in [0.2, 0.25) is 0 Å². The molecule has 52 heteroatoms. The van der Waals surface area contributed by atoms with Crippen LogP contribution in [-0.4, -0.2) is 51.6 Å². The molecule has 0 atom stereocenters. The zero-order valence-corrected chi connectivity index (χ0v) is 128. The van der Waals surface area contributed by atoms with Crippen LogP contribution >= 0.6 is 12.2 Å². The van der Waals surface area contributed by atoms with Gasteiger partial charge >= 0.3 is 0 Å². The third-order valence-corrected chi connectivity index (χ3v) is 11.5. The number of hydrogen-bond acceptors (Lipinski definition) is 12. The van der Waals surface area contributed by atoms with Gasteiger partial charge in [-0.2, -0.15) is 22.3 Å². The molecule has 0 fully saturated rings. The van der Waals surface area contributed by atoms with Crippen LogP contribution in [0, 0.1) is 72.5 Å². The largest absolute Gasteiger partial charge is 0.710 e. The summed E-state index contributed by atoms with van der Waals surface area (Å²) in [7, 11) is 0. The van der Waals surface area contributed by atoms with Gasteiger partial charge in [-0.05, 0) is 32.1 Å². The summed E-state index contributed by atoms with van der Waals surface area (Å²) < 4.78 is 0. The Labute approximate surface area is 1230 Å². The van der Waals surface area contributed by atoms with Crippen LogP contribution in [0.4, 0.5) is 23.0 Å². The summed E-state index contributed by atoms with van der Waals surface area (Å²) in [6.07, 6.45) is 20.9. The van der Waals surface area contributed by atoms with Gasteiger partial charge in [-0.25, -0.2) is 11.4 Å². The number of amides is 1. The van der Waals surface area contributed by atoms with Crippen LogP contribution in [0.3, 0.4) is 0 Å². The first-order chi connectivity index (χ1) is 31.6. The van der Waals surface area contributed by atoms with Crippen molar-refractivity contribution in [2.45, 2.75) is 135 Å². The maximum Gasteiger partial charge on any atom is 0.0474 e. The van der Waals surface area contributed by atoms with E-state index in [0.29, 0.717) is 30.1 Å². The van der Waals surface area contributed by atoms with Gasteiger partial charge in [0.25, 0.3) is 0 Å². The minimum atomic E-state index is -0.0756. The molecule has 0 spiro atoms. The van der Waals surface area contributed by atoms with Crippen LogP contribution in [0.15, 0.2) is 5.10 Å². The molecule has 3 aliphatic rings. The van der Waals surface area contributed by atoms with Gasteiger partial charge in [0.1, 0.15) is 0 Å². The molecule has 0 aromatic carbocycles. The van der Waals surface area contributed by atoms with Gasteiger partial charge in [-0.1, -0.05) is 185 Å². The molecule has 16 nitrogen and oxygen atoms in total. The molecule has 0 saturated carbocycles. The number of nitrogens with two attached hydrogens (primary N) is 2. The number of anilines is 1. The predicted molar refractivity (Wildman–Crippen MR) is 268 cm³/mol. The maximum absolute atomic E-state index is 11.1. The first kappa shape index (κ1) is 217. The van der Waals surface area contributed by atoms with Crippen LogP contribution in [-0.2, 0) is 918 Å². The Morgan fingerprint density at radius 1 is 0.382 bits per heavy atom. The number of carbonyl (C=O) groups excluding carboxylic acids is 1. The van der Waals surface area contributed by atoms with E-state index in [1.807, 2.05) is 48.5 Å². The number of nitrogen functional groups attached to an aromatic ring is 1. The van der Waals surface area contributed by atoms with Gasteiger partial charge in [-0.3, -0.25) is 0 Å². The zero-order chi connectivity index (χ0) is 47.8. The number of aromatic nitrogens is 9. The third-order valence-electron chi connectivity index (χ3n) is 11.3. The number of imidazole rings is 2. The van der Waals surface area contributed by atoms with Crippen molar-refractivity contribution in [1.29, 1.82) is 0 Å². The molecule has 10 rings (SSSR count). The molecule has 1 amide bonds.